The van der Waals surface area contributed by atoms with Crippen LogP contribution in [0.4, 0.5) is 0 Å². The van der Waals surface area contributed by atoms with Gasteiger partial charge < -0.3 is 4.57 Å². The van der Waals surface area contributed by atoms with Crippen molar-refractivity contribution < 1.29 is 0 Å². The normalized spacial score (nSPS) is 10.8. The Hall–Kier alpha value is -1.65. The Morgan fingerprint density at radius 3 is 2.92 bits per heavy atom. The third-order valence-corrected chi connectivity index (χ3v) is 1.68. The molecule has 2 aromatic rings. The van der Waals surface area contributed by atoms with Gasteiger partial charge in [-0.3, -0.25) is 4.79 Å². The lowest BCUT2D eigenvalue weighted by molar-refractivity contribution is 0.815. The van der Waals surface area contributed by atoms with Gasteiger partial charge in [-0.05, 0) is 6.92 Å². The fourth-order valence-corrected chi connectivity index (χ4v) is 1.07. The molecular formula is C7H8N4O. The van der Waals surface area contributed by atoms with Gasteiger partial charge in [0.25, 0.3) is 5.56 Å². The molecule has 0 atom stereocenters. The molecule has 5 nitrogen and oxygen atoms in total. The molecular weight excluding hydrogens is 156 g/mol. The lowest BCUT2D eigenvalue weighted by Gasteiger charge is -1.94. The van der Waals surface area contributed by atoms with Gasteiger partial charge in [0.05, 0.1) is 0 Å². The van der Waals surface area contributed by atoms with Crippen LogP contribution in [0.15, 0.2) is 17.2 Å². The predicted octanol–water partition coefficient (Wildman–Crippen LogP) is -0.264. The van der Waals surface area contributed by atoms with Crippen molar-refractivity contribution in [2.24, 2.45) is 7.05 Å². The molecule has 2 rings (SSSR count). The Kier molecular flexibility index (Phi) is 1.27. The summed E-state index contributed by atoms with van der Waals surface area (Å²) in [4.78, 5) is 15.4. The average molecular weight is 164 g/mol. The maximum absolute atomic E-state index is 11.4. The lowest BCUT2D eigenvalue weighted by Crippen LogP contribution is -2.18. The largest absolute Gasteiger partial charge is 0.314 e. The Bertz CT molecular complexity index is 482. The molecule has 0 N–H and O–H groups in total. The average Bonchev–Trinajstić information content (AvgIpc) is 2.39. The van der Waals surface area contributed by atoms with Gasteiger partial charge in [-0.1, -0.05) is 0 Å². The van der Waals surface area contributed by atoms with E-state index in [1.807, 2.05) is 0 Å². The SMILES string of the molecule is Cc1nc2c(=O)n(C)ccn2n1. The molecule has 0 bridgehead atoms. The number of hydrogen-bond donors (Lipinski definition) is 0. The van der Waals surface area contributed by atoms with Crippen molar-refractivity contribution in [2.75, 3.05) is 0 Å². The van der Waals surface area contributed by atoms with Crippen LogP contribution >= 0.6 is 0 Å². The molecule has 0 aliphatic rings. The molecule has 0 aliphatic carbocycles. The van der Waals surface area contributed by atoms with E-state index in [1.54, 1.807) is 26.4 Å². The highest BCUT2D eigenvalue weighted by molar-refractivity contribution is 5.33. The van der Waals surface area contributed by atoms with Crippen molar-refractivity contribution in [1.29, 1.82) is 0 Å². The summed E-state index contributed by atoms with van der Waals surface area (Å²) in [6.07, 6.45) is 3.36. The van der Waals surface area contributed by atoms with E-state index in [1.165, 1.54) is 9.08 Å². The highest BCUT2D eigenvalue weighted by Gasteiger charge is 2.03. The Labute approximate surface area is 68.3 Å². The molecule has 62 valence electrons. The third kappa shape index (κ3) is 0.827. The number of rotatable bonds is 0. The quantitative estimate of drug-likeness (QED) is 0.539. The van der Waals surface area contributed by atoms with Gasteiger partial charge in [-0.15, -0.1) is 0 Å². The van der Waals surface area contributed by atoms with Crippen molar-refractivity contribution in [3.8, 4) is 0 Å². The molecule has 0 aromatic carbocycles. The van der Waals surface area contributed by atoms with Crippen LogP contribution in [-0.2, 0) is 7.05 Å². The molecule has 5 heteroatoms. The molecule has 0 saturated heterocycles. The monoisotopic (exact) mass is 164 g/mol. The van der Waals surface area contributed by atoms with Gasteiger partial charge in [0.2, 0.25) is 5.65 Å². The zero-order chi connectivity index (χ0) is 8.72. The van der Waals surface area contributed by atoms with Crippen LogP contribution in [-0.4, -0.2) is 19.2 Å². The van der Waals surface area contributed by atoms with E-state index in [4.69, 9.17) is 0 Å². The van der Waals surface area contributed by atoms with Crippen LogP contribution in [0.2, 0.25) is 0 Å². The molecule has 0 amide bonds. The fourth-order valence-electron chi connectivity index (χ4n) is 1.07. The standard InChI is InChI=1S/C7H8N4O/c1-5-8-6-7(12)10(2)3-4-11(6)9-5/h3-4H,1-2H3. The van der Waals surface area contributed by atoms with Gasteiger partial charge in [-0.25, -0.2) is 9.50 Å². The van der Waals surface area contributed by atoms with Crippen LogP contribution in [0.5, 0.6) is 0 Å². The van der Waals surface area contributed by atoms with Gasteiger partial charge >= 0.3 is 0 Å². The first kappa shape index (κ1) is 7.02. The summed E-state index contributed by atoms with van der Waals surface area (Å²) in [7, 11) is 1.69. The smallest absolute Gasteiger partial charge is 0.295 e. The van der Waals surface area contributed by atoms with Crippen LogP contribution in [0, 0.1) is 6.92 Å². The zero-order valence-corrected chi connectivity index (χ0v) is 6.85. The minimum atomic E-state index is -0.127. The van der Waals surface area contributed by atoms with Crippen LogP contribution in [0.3, 0.4) is 0 Å². The zero-order valence-electron chi connectivity index (χ0n) is 6.85. The fraction of sp³-hybridized carbons (Fsp3) is 0.286. The molecule has 2 heterocycles. The van der Waals surface area contributed by atoms with Gasteiger partial charge in [-0.2, -0.15) is 5.10 Å². The molecule has 0 unspecified atom stereocenters. The van der Waals surface area contributed by atoms with E-state index in [2.05, 4.69) is 10.1 Å². The summed E-state index contributed by atoms with van der Waals surface area (Å²) >= 11 is 0. The summed E-state index contributed by atoms with van der Waals surface area (Å²) in [6, 6.07) is 0. The maximum Gasteiger partial charge on any atom is 0.295 e. The van der Waals surface area contributed by atoms with Crippen molar-refractivity contribution in [3.05, 3.63) is 28.6 Å². The number of aryl methyl sites for hydroxylation is 2. The summed E-state index contributed by atoms with van der Waals surface area (Å²) in [5.74, 6) is 0.610. The van der Waals surface area contributed by atoms with Gasteiger partial charge in [0.15, 0.2) is 0 Å². The minimum absolute atomic E-state index is 0.127. The van der Waals surface area contributed by atoms with E-state index in [0.29, 0.717) is 11.5 Å². The molecule has 12 heavy (non-hydrogen) atoms. The van der Waals surface area contributed by atoms with Crippen molar-refractivity contribution in [2.45, 2.75) is 6.92 Å². The molecule has 0 fully saturated rings. The maximum atomic E-state index is 11.4. The summed E-state index contributed by atoms with van der Waals surface area (Å²) < 4.78 is 2.96. The Morgan fingerprint density at radius 1 is 1.42 bits per heavy atom. The van der Waals surface area contributed by atoms with Crippen LogP contribution < -0.4 is 5.56 Å². The first-order chi connectivity index (χ1) is 5.68. The topological polar surface area (TPSA) is 52.2 Å². The first-order valence-corrected chi connectivity index (χ1v) is 3.57. The van der Waals surface area contributed by atoms with E-state index in [9.17, 15) is 4.79 Å². The molecule has 2 aromatic heterocycles. The second kappa shape index (κ2) is 2.17. The number of aromatic nitrogens is 4. The molecule has 0 saturated carbocycles. The van der Waals surface area contributed by atoms with E-state index < -0.39 is 0 Å². The summed E-state index contributed by atoms with van der Waals surface area (Å²) in [6.45, 7) is 1.76. The number of fused-ring (bicyclic) bond motifs is 1. The van der Waals surface area contributed by atoms with E-state index in [-0.39, 0.29) is 5.56 Å². The molecule has 0 radical (unpaired) electrons. The third-order valence-electron chi connectivity index (χ3n) is 1.68. The predicted molar refractivity (Wildman–Crippen MR) is 43.0 cm³/mol. The summed E-state index contributed by atoms with van der Waals surface area (Å²) in [5, 5.41) is 4.01. The second-order valence-corrected chi connectivity index (χ2v) is 2.64. The Morgan fingerprint density at radius 2 is 2.17 bits per heavy atom. The highest BCUT2D eigenvalue weighted by atomic mass is 16.1. The molecule has 0 aliphatic heterocycles. The second-order valence-electron chi connectivity index (χ2n) is 2.64. The summed E-state index contributed by atoms with van der Waals surface area (Å²) in [5.41, 5.74) is 0.246. The van der Waals surface area contributed by atoms with E-state index >= 15 is 0 Å². The van der Waals surface area contributed by atoms with Crippen molar-refractivity contribution >= 4 is 5.65 Å². The lowest BCUT2D eigenvalue weighted by atomic mass is 10.6. The van der Waals surface area contributed by atoms with E-state index in [0.717, 1.165) is 0 Å². The highest BCUT2D eigenvalue weighted by Crippen LogP contribution is 1.92. The van der Waals surface area contributed by atoms with Crippen LogP contribution in [0.1, 0.15) is 5.82 Å². The van der Waals surface area contributed by atoms with Crippen molar-refractivity contribution in [3.63, 3.8) is 0 Å². The van der Waals surface area contributed by atoms with Gasteiger partial charge in [0.1, 0.15) is 5.82 Å². The Balaban J connectivity index is 2.99. The van der Waals surface area contributed by atoms with Crippen LogP contribution in [0.25, 0.3) is 5.65 Å². The van der Waals surface area contributed by atoms with Gasteiger partial charge in [0, 0.05) is 19.4 Å². The molecule has 0 spiro atoms. The van der Waals surface area contributed by atoms with Crippen molar-refractivity contribution in [1.82, 2.24) is 19.2 Å². The first-order valence-electron chi connectivity index (χ1n) is 3.57. The number of nitrogens with zero attached hydrogens (tertiary/aromatic N) is 4. The number of hydrogen-bond acceptors (Lipinski definition) is 3. The minimum Gasteiger partial charge on any atom is -0.314 e.